The number of halogens is 1. The molecule has 0 heterocycles. The van der Waals surface area contributed by atoms with Crippen LogP contribution < -0.4 is 15.9 Å². The monoisotopic (exact) mass is 524 g/mol. The van der Waals surface area contributed by atoms with Crippen molar-refractivity contribution < 1.29 is 5.11 Å². The minimum absolute atomic E-state index is 0.277. The molecule has 0 atom stereocenters. The van der Waals surface area contributed by atoms with Crippen molar-refractivity contribution in [2.75, 3.05) is 0 Å². The third-order valence-corrected chi connectivity index (χ3v) is 16.0. The van der Waals surface area contributed by atoms with Gasteiger partial charge in [-0.15, -0.1) is 0 Å². The first kappa shape index (κ1) is 22.6. The average Bonchev–Trinajstić information content (AvgIpc) is 2.91. The van der Waals surface area contributed by atoms with Crippen LogP contribution >= 0.6 is 20.8 Å². The first-order chi connectivity index (χ1) is 16.6. The molecule has 34 heavy (non-hydrogen) atoms. The summed E-state index contributed by atoms with van der Waals surface area (Å²) < 4.78 is 0. The Hall–Kier alpha value is -3.19. The van der Waals surface area contributed by atoms with Crippen LogP contribution in [0.3, 0.4) is 0 Å². The van der Waals surface area contributed by atoms with Gasteiger partial charge in [0.1, 0.15) is 0 Å². The standard InChI is InChI=1S/C31H26BrOP/c32-34(28-13-4-1-5-14-28,29-15-6-2-7-16-29,30-17-8-3-9-18-30)24-26-12-10-11-19-31(26)25-20-22-27(33)23-21-25/h1-23,33H,24H2. The van der Waals surface area contributed by atoms with Crippen molar-refractivity contribution in [2.24, 2.45) is 0 Å². The van der Waals surface area contributed by atoms with Gasteiger partial charge in [-0.2, -0.15) is 0 Å². The van der Waals surface area contributed by atoms with Crippen LogP contribution in [0.2, 0.25) is 0 Å². The number of benzene rings is 5. The molecule has 0 bridgehead atoms. The fourth-order valence-corrected chi connectivity index (χ4v) is 12.5. The van der Waals surface area contributed by atoms with Gasteiger partial charge in [-0.1, -0.05) is 0 Å². The van der Waals surface area contributed by atoms with Gasteiger partial charge >= 0.3 is 210 Å². The third-order valence-electron chi connectivity index (χ3n) is 6.55. The first-order valence-electron chi connectivity index (χ1n) is 11.4. The molecule has 0 aliphatic heterocycles. The molecule has 0 saturated carbocycles. The van der Waals surface area contributed by atoms with Crippen molar-refractivity contribution in [2.45, 2.75) is 6.16 Å². The van der Waals surface area contributed by atoms with Crippen molar-refractivity contribution in [3.8, 4) is 16.9 Å². The molecule has 0 saturated heterocycles. The quantitative estimate of drug-likeness (QED) is 0.229. The van der Waals surface area contributed by atoms with E-state index in [1.807, 2.05) is 12.1 Å². The number of aromatic hydroxyl groups is 1. The van der Waals surface area contributed by atoms with E-state index in [0.717, 1.165) is 11.7 Å². The van der Waals surface area contributed by atoms with Gasteiger partial charge in [0.25, 0.3) is 0 Å². The Kier molecular flexibility index (Phi) is 6.13. The normalized spacial score (nSPS) is 12.6. The van der Waals surface area contributed by atoms with E-state index in [1.165, 1.54) is 27.0 Å². The van der Waals surface area contributed by atoms with E-state index in [1.54, 1.807) is 12.1 Å². The van der Waals surface area contributed by atoms with Crippen LogP contribution in [-0.4, -0.2) is 5.11 Å². The van der Waals surface area contributed by atoms with Gasteiger partial charge in [-0.25, -0.2) is 0 Å². The Balaban J connectivity index is 1.82. The Morgan fingerprint density at radius 2 is 0.912 bits per heavy atom. The van der Waals surface area contributed by atoms with E-state index in [9.17, 15) is 5.11 Å². The Morgan fingerprint density at radius 1 is 0.500 bits per heavy atom. The second-order valence-electron chi connectivity index (χ2n) is 8.55. The molecule has 168 valence electrons. The zero-order valence-corrected chi connectivity index (χ0v) is 21.2. The number of hydrogen-bond acceptors (Lipinski definition) is 1. The summed E-state index contributed by atoms with van der Waals surface area (Å²) in [7, 11) is 0. The van der Waals surface area contributed by atoms with E-state index >= 15 is 0 Å². The number of hydrogen-bond donors (Lipinski definition) is 1. The molecule has 0 radical (unpaired) electrons. The van der Waals surface area contributed by atoms with E-state index in [2.05, 4.69) is 131 Å². The Morgan fingerprint density at radius 3 is 1.38 bits per heavy atom. The van der Waals surface area contributed by atoms with Gasteiger partial charge in [0.05, 0.1) is 0 Å². The molecule has 1 N–H and O–H groups in total. The zero-order chi connectivity index (χ0) is 23.5. The zero-order valence-electron chi connectivity index (χ0n) is 18.8. The molecule has 0 aliphatic carbocycles. The number of phenols is 1. The predicted molar refractivity (Wildman–Crippen MR) is 151 cm³/mol. The van der Waals surface area contributed by atoms with Crippen molar-refractivity contribution in [3.63, 3.8) is 0 Å². The summed E-state index contributed by atoms with van der Waals surface area (Å²) in [4.78, 5) is 0. The molecule has 0 unspecified atom stereocenters. The van der Waals surface area contributed by atoms with Crippen molar-refractivity contribution in [1.82, 2.24) is 0 Å². The molecular weight excluding hydrogens is 499 g/mol. The summed E-state index contributed by atoms with van der Waals surface area (Å²) in [5, 5.41) is 10.6. The fourth-order valence-electron chi connectivity index (χ4n) is 4.84. The molecule has 0 amide bonds. The molecule has 3 heteroatoms. The van der Waals surface area contributed by atoms with Crippen LogP contribution in [0.1, 0.15) is 5.56 Å². The molecule has 5 rings (SSSR count). The number of phenolic OH excluding ortho intramolecular Hbond substituents is 1. The molecule has 0 aromatic heterocycles. The minimum atomic E-state index is -3.10. The summed E-state index contributed by atoms with van der Waals surface area (Å²) in [6.07, 6.45) is 0.820. The molecule has 0 aliphatic rings. The molecule has 5 aromatic carbocycles. The Labute approximate surface area is 209 Å². The van der Waals surface area contributed by atoms with Crippen LogP contribution in [0.25, 0.3) is 11.1 Å². The van der Waals surface area contributed by atoms with E-state index < -0.39 is 5.31 Å². The third kappa shape index (κ3) is 3.88. The fraction of sp³-hybridized carbons (Fsp3) is 0.0323. The summed E-state index contributed by atoms with van der Waals surface area (Å²) in [6.45, 7) is 0. The van der Waals surface area contributed by atoms with Crippen LogP contribution in [0.4, 0.5) is 0 Å². The SMILES string of the molecule is Oc1ccc(-c2ccccc2CP(Br)(c2ccccc2)(c2ccccc2)c2ccccc2)cc1. The van der Waals surface area contributed by atoms with E-state index in [-0.39, 0.29) is 5.75 Å². The van der Waals surface area contributed by atoms with Gasteiger partial charge in [-0.05, 0) is 0 Å². The van der Waals surface area contributed by atoms with Gasteiger partial charge in [-0.3, -0.25) is 0 Å². The van der Waals surface area contributed by atoms with Crippen LogP contribution in [0.15, 0.2) is 140 Å². The molecule has 5 aromatic rings. The molecule has 0 spiro atoms. The Bertz CT molecular complexity index is 1280. The van der Waals surface area contributed by atoms with Gasteiger partial charge in [0.2, 0.25) is 0 Å². The van der Waals surface area contributed by atoms with E-state index in [4.69, 9.17) is 0 Å². The van der Waals surface area contributed by atoms with Crippen molar-refractivity contribution in [1.29, 1.82) is 0 Å². The topological polar surface area (TPSA) is 20.2 Å². The maximum atomic E-state index is 9.85. The number of rotatable bonds is 6. The summed E-state index contributed by atoms with van der Waals surface area (Å²) >= 11 is 4.56. The molecular formula is C31H26BrOP. The van der Waals surface area contributed by atoms with E-state index in [0.29, 0.717) is 0 Å². The van der Waals surface area contributed by atoms with Crippen LogP contribution in [-0.2, 0) is 6.16 Å². The van der Waals surface area contributed by atoms with Gasteiger partial charge in [0, 0.05) is 0 Å². The first-order valence-corrected chi connectivity index (χ1v) is 15.8. The summed E-state index contributed by atoms with van der Waals surface area (Å²) in [5.41, 5.74) is 3.54. The molecule has 0 fully saturated rings. The average molecular weight is 525 g/mol. The van der Waals surface area contributed by atoms with Gasteiger partial charge in [0.15, 0.2) is 0 Å². The molecule has 1 nitrogen and oxygen atoms in total. The van der Waals surface area contributed by atoms with Crippen molar-refractivity contribution >= 4 is 36.7 Å². The van der Waals surface area contributed by atoms with Crippen molar-refractivity contribution in [3.05, 3.63) is 145 Å². The van der Waals surface area contributed by atoms with Crippen LogP contribution in [0.5, 0.6) is 5.75 Å². The predicted octanol–water partition coefficient (Wildman–Crippen LogP) is 7.40. The summed E-state index contributed by atoms with van der Waals surface area (Å²) in [5.74, 6) is 0.277. The van der Waals surface area contributed by atoms with Gasteiger partial charge < -0.3 is 0 Å². The summed E-state index contributed by atoms with van der Waals surface area (Å²) in [6, 6.07) is 48.7. The van der Waals surface area contributed by atoms with Crippen LogP contribution in [0, 0.1) is 0 Å². The second-order valence-corrected chi connectivity index (χ2v) is 17.5. The maximum absolute atomic E-state index is 9.85. The second kappa shape index (κ2) is 9.22.